The third-order valence-electron chi connectivity index (χ3n) is 4.77. The fourth-order valence-electron chi connectivity index (χ4n) is 3.47. The lowest BCUT2D eigenvalue weighted by Crippen LogP contribution is -2.31. The third-order valence-corrected chi connectivity index (χ3v) is 4.77. The number of likely N-dealkylation sites (tertiary alicyclic amines) is 1. The summed E-state index contributed by atoms with van der Waals surface area (Å²) < 4.78 is 3.73. The zero-order valence-corrected chi connectivity index (χ0v) is 14.6. The van der Waals surface area contributed by atoms with Crippen molar-refractivity contribution in [2.75, 3.05) is 6.54 Å². The first-order valence-electron chi connectivity index (χ1n) is 8.26. The van der Waals surface area contributed by atoms with Crippen LogP contribution in [0.15, 0.2) is 12.3 Å². The molecule has 0 N–H and O–H groups in total. The van der Waals surface area contributed by atoms with E-state index >= 15 is 0 Å². The van der Waals surface area contributed by atoms with Crippen molar-refractivity contribution in [3.63, 3.8) is 0 Å². The number of carbonyl (C=O) groups is 1. The van der Waals surface area contributed by atoms with E-state index in [1.165, 1.54) is 5.56 Å². The maximum absolute atomic E-state index is 12.9. The van der Waals surface area contributed by atoms with Crippen LogP contribution in [0.1, 0.15) is 66.2 Å². The van der Waals surface area contributed by atoms with Crippen LogP contribution in [-0.2, 0) is 7.05 Å². The monoisotopic (exact) mass is 315 g/mol. The molecule has 0 radical (unpaired) electrons. The van der Waals surface area contributed by atoms with Crippen molar-refractivity contribution in [2.45, 2.75) is 52.6 Å². The minimum Gasteiger partial charge on any atom is -0.330 e. The van der Waals surface area contributed by atoms with Gasteiger partial charge in [-0.3, -0.25) is 14.2 Å². The third kappa shape index (κ3) is 2.66. The summed E-state index contributed by atoms with van der Waals surface area (Å²) in [5, 5.41) is 8.95. The molecular formula is C17H25N5O. The van der Waals surface area contributed by atoms with E-state index in [1.807, 2.05) is 40.5 Å². The van der Waals surface area contributed by atoms with E-state index in [0.717, 1.165) is 30.8 Å². The van der Waals surface area contributed by atoms with Crippen molar-refractivity contribution < 1.29 is 4.79 Å². The van der Waals surface area contributed by atoms with Crippen LogP contribution in [0.5, 0.6) is 0 Å². The molecule has 0 saturated carbocycles. The van der Waals surface area contributed by atoms with Crippen molar-refractivity contribution in [1.82, 2.24) is 24.5 Å². The highest BCUT2D eigenvalue weighted by molar-refractivity contribution is 5.92. The number of amides is 1. The number of hydrogen-bond donors (Lipinski definition) is 0. The highest BCUT2D eigenvalue weighted by atomic mass is 16.2. The average Bonchev–Trinajstić information content (AvgIpc) is 3.19. The van der Waals surface area contributed by atoms with Crippen molar-refractivity contribution in [1.29, 1.82) is 0 Å². The zero-order valence-electron chi connectivity index (χ0n) is 14.6. The zero-order chi connectivity index (χ0) is 16.7. The standard InChI is InChI=1S/C17H25N5O/c1-11(2)22-10-8-14(19-22)17(23)21-9-6-7-15(21)16-12(3)18-20(5)13(16)4/h8,10-11,15H,6-7,9H2,1-5H3. The van der Waals surface area contributed by atoms with Gasteiger partial charge in [-0.05, 0) is 46.6 Å². The van der Waals surface area contributed by atoms with Gasteiger partial charge in [0.2, 0.25) is 0 Å². The van der Waals surface area contributed by atoms with E-state index in [2.05, 4.69) is 31.0 Å². The lowest BCUT2D eigenvalue weighted by atomic mass is 10.0. The highest BCUT2D eigenvalue weighted by Crippen LogP contribution is 2.36. The molecule has 1 saturated heterocycles. The molecule has 2 aromatic rings. The molecule has 124 valence electrons. The van der Waals surface area contributed by atoms with Crippen LogP contribution < -0.4 is 0 Å². The smallest absolute Gasteiger partial charge is 0.274 e. The number of hydrogen-bond acceptors (Lipinski definition) is 3. The minimum absolute atomic E-state index is 0.0227. The lowest BCUT2D eigenvalue weighted by Gasteiger charge is -2.24. The normalized spacial score (nSPS) is 18.2. The summed E-state index contributed by atoms with van der Waals surface area (Å²) in [5.41, 5.74) is 3.88. The van der Waals surface area contributed by atoms with Gasteiger partial charge in [0.1, 0.15) is 5.69 Å². The number of carbonyl (C=O) groups excluding carboxylic acids is 1. The summed E-state index contributed by atoms with van der Waals surface area (Å²) in [6, 6.07) is 2.19. The van der Waals surface area contributed by atoms with Gasteiger partial charge in [-0.2, -0.15) is 10.2 Å². The van der Waals surface area contributed by atoms with Crippen LogP contribution in [0.25, 0.3) is 0 Å². The Balaban J connectivity index is 1.90. The van der Waals surface area contributed by atoms with Crippen LogP contribution in [0, 0.1) is 13.8 Å². The molecule has 2 aromatic heterocycles. The molecule has 3 heterocycles. The van der Waals surface area contributed by atoms with Gasteiger partial charge in [-0.25, -0.2) is 0 Å². The van der Waals surface area contributed by atoms with Gasteiger partial charge < -0.3 is 4.90 Å². The molecular weight excluding hydrogens is 290 g/mol. The van der Waals surface area contributed by atoms with E-state index in [-0.39, 0.29) is 18.0 Å². The van der Waals surface area contributed by atoms with Crippen LogP contribution >= 0.6 is 0 Å². The van der Waals surface area contributed by atoms with Gasteiger partial charge in [0, 0.05) is 37.1 Å². The Labute approximate surface area is 137 Å². The maximum Gasteiger partial charge on any atom is 0.274 e. The van der Waals surface area contributed by atoms with Gasteiger partial charge in [0.15, 0.2) is 0 Å². The molecule has 1 atom stereocenters. The van der Waals surface area contributed by atoms with Crippen LogP contribution in [-0.4, -0.2) is 36.9 Å². The first-order valence-corrected chi connectivity index (χ1v) is 8.26. The summed E-state index contributed by atoms with van der Waals surface area (Å²) >= 11 is 0. The Kier molecular flexibility index (Phi) is 4.00. The first-order chi connectivity index (χ1) is 10.9. The van der Waals surface area contributed by atoms with E-state index < -0.39 is 0 Å². The van der Waals surface area contributed by atoms with E-state index in [9.17, 15) is 4.79 Å². The quantitative estimate of drug-likeness (QED) is 0.875. The predicted octanol–water partition coefficient (Wildman–Crippen LogP) is 2.79. The van der Waals surface area contributed by atoms with Gasteiger partial charge in [-0.1, -0.05) is 0 Å². The molecule has 6 nitrogen and oxygen atoms in total. The highest BCUT2D eigenvalue weighted by Gasteiger charge is 2.34. The van der Waals surface area contributed by atoms with Crippen molar-refractivity contribution in [3.8, 4) is 0 Å². The van der Waals surface area contributed by atoms with Gasteiger partial charge in [-0.15, -0.1) is 0 Å². The first kappa shape index (κ1) is 15.8. The second-order valence-electron chi connectivity index (χ2n) is 6.64. The molecule has 23 heavy (non-hydrogen) atoms. The van der Waals surface area contributed by atoms with Crippen LogP contribution in [0.3, 0.4) is 0 Å². The SMILES string of the molecule is Cc1nn(C)c(C)c1C1CCCN1C(=O)c1ccn(C(C)C)n1. The summed E-state index contributed by atoms with van der Waals surface area (Å²) in [6.07, 6.45) is 3.89. The van der Waals surface area contributed by atoms with E-state index in [0.29, 0.717) is 5.69 Å². The van der Waals surface area contributed by atoms with Gasteiger partial charge >= 0.3 is 0 Å². The fourth-order valence-corrected chi connectivity index (χ4v) is 3.47. The molecule has 1 amide bonds. The van der Waals surface area contributed by atoms with E-state index in [1.54, 1.807) is 0 Å². The Bertz CT molecular complexity index is 727. The summed E-state index contributed by atoms with van der Waals surface area (Å²) in [7, 11) is 1.96. The number of aromatic nitrogens is 4. The van der Waals surface area contributed by atoms with Crippen molar-refractivity contribution in [2.24, 2.45) is 7.05 Å². The van der Waals surface area contributed by atoms with Crippen molar-refractivity contribution in [3.05, 3.63) is 34.9 Å². The molecule has 1 fully saturated rings. The molecule has 1 aliphatic rings. The molecule has 6 heteroatoms. The summed E-state index contributed by atoms with van der Waals surface area (Å²) in [5.74, 6) is 0.0227. The van der Waals surface area contributed by atoms with Crippen LogP contribution in [0.2, 0.25) is 0 Å². The topological polar surface area (TPSA) is 56.0 Å². The second-order valence-corrected chi connectivity index (χ2v) is 6.64. The molecule has 1 unspecified atom stereocenters. The Morgan fingerprint density at radius 2 is 2.04 bits per heavy atom. The molecule has 0 bridgehead atoms. The Morgan fingerprint density at radius 3 is 2.61 bits per heavy atom. The minimum atomic E-state index is 0.0227. The largest absolute Gasteiger partial charge is 0.330 e. The van der Waals surface area contributed by atoms with Gasteiger partial charge in [0.25, 0.3) is 5.91 Å². The number of nitrogens with zero attached hydrogens (tertiary/aromatic N) is 5. The molecule has 0 aliphatic carbocycles. The van der Waals surface area contributed by atoms with Crippen LogP contribution in [0.4, 0.5) is 0 Å². The average molecular weight is 315 g/mol. The predicted molar refractivity (Wildman–Crippen MR) is 88.3 cm³/mol. The number of aryl methyl sites for hydroxylation is 2. The van der Waals surface area contributed by atoms with Gasteiger partial charge in [0.05, 0.1) is 11.7 Å². The lowest BCUT2D eigenvalue weighted by molar-refractivity contribution is 0.0728. The molecule has 3 rings (SSSR count). The Hall–Kier alpha value is -2.11. The maximum atomic E-state index is 12.9. The second kappa shape index (κ2) is 5.83. The summed E-state index contributed by atoms with van der Waals surface area (Å²) in [6.45, 7) is 9.00. The molecule has 0 aromatic carbocycles. The molecule has 0 spiro atoms. The number of rotatable bonds is 3. The summed E-state index contributed by atoms with van der Waals surface area (Å²) in [4.78, 5) is 14.9. The van der Waals surface area contributed by atoms with Crippen molar-refractivity contribution >= 4 is 5.91 Å². The fraction of sp³-hybridized carbons (Fsp3) is 0.588. The van der Waals surface area contributed by atoms with E-state index in [4.69, 9.17) is 0 Å². The Morgan fingerprint density at radius 1 is 1.30 bits per heavy atom. The molecule has 1 aliphatic heterocycles.